The van der Waals surface area contributed by atoms with Crippen molar-refractivity contribution in [1.29, 1.82) is 0 Å². The molecule has 0 aliphatic rings. The van der Waals surface area contributed by atoms with Crippen LogP contribution in [0.25, 0.3) is 0 Å². The number of ether oxygens (including phenoxy) is 1. The van der Waals surface area contributed by atoms with Crippen molar-refractivity contribution in [2.45, 2.75) is 16.6 Å². The molecule has 126 valence electrons. The van der Waals surface area contributed by atoms with Gasteiger partial charge in [0.25, 0.3) is 0 Å². The van der Waals surface area contributed by atoms with E-state index in [1.807, 2.05) is 30.3 Å². The van der Waals surface area contributed by atoms with E-state index in [1.165, 1.54) is 0 Å². The van der Waals surface area contributed by atoms with Crippen LogP contribution in [0.5, 0.6) is 0 Å². The number of nitrogens with one attached hydrogen (secondary N) is 1. The molecule has 0 bridgehead atoms. The molecule has 24 heavy (non-hydrogen) atoms. The van der Waals surface area contributed by atoms with Crippen LogP contribution in [0.1, 0.15) is 27.7 Å². The fourth-order valence-corrected chi connectivity index (χ4v) is 3.02. The first kappa shape index (κ1) is 18.7. The van der Waals surface area contributed by atoms with Crippen LogP contribution in [-0.4, -0.2) is 23.3 Å². The number of benzene rings is 2. The van der Waals surface area contributed by atoms with Crippen molar-refractivity contribution in [2.24, 2.45) is 0 Å². The molecular weight excluding hydrogens is 438 g/mol. The molecule has 0 saturated carbocycles. The second kappa shape index (κ2) is 8.99. The molecule has 0 radical (unpaired) electrons. The highest BCUT2D eigenvalue weighted by Crippen LogP contribution is 2.31. The summed E-state index contributed by atoms with van der Waals surface area (Å²) in [5.41, 5.74) is 2.07. The average molecular weight is 455 g/mol. The van der Waals surface area contributed by atoms with Crippen LogP contribution in [0.3, 0.4) is 0 Å². The van der Waals surface area contributed by atoms with E-state index < -0.39 is 4.83 Å². The van der Waals surface area contributed by atoms with Gasteiger partial charge in [-0.25, -0.2) is 4.79 Å². The molecule has 2 rings (SSSR count). The molecule has 2 aromatic rings. The van der Waals surface area contributed by atoms with Gasteiger partial charge < -0.3 is 10.1 Å². The van der Waals surface area contributed by atoms with Crippen LogP contribution in [0.4, 0.5) is 5.69 Å². The molecule has 0 heterocycles. The lowest BCUT2D eigenvalue weighted by atomic mass is 10.1. The van der Waals surface area contributed by atoms with Gasteiger partial charge in [0.15, 0.2) is 0 Å². The number of carbonyl (C=O) groups excluding carboxylic acids is 2. The van der Waals surface area contributed by atoms with Crippen LogP contribution in [-0.2, 0) is 9.53 Å². The second-order valence-corrected chi connectivity index (χ2v) is 6.97. The fourth-order valence-electron chi connectivity index (χ4n) is 2.05. The van der Waals surface area contributed by atoms with Crippen LogP contribution in [0.15, 0.2) is 54.6 Å². The number of anilines is 1. The minimum atomic E-state index is -0.440. The molecule has 0 aliphatic carbocycles. The number of esters is 1. The Balaban J connectivity index is 2.00. The summed E-state index contributed by atoms with van der Waals surface area (Å²) in [5, 5.41) is 2.82. The minimum Gasteiger partial charge on any atom is -0.462 e. The average Bonchev–Trinajstić information content (AvgIpc) is 2.62. The largest absolute Gasteiger partial charge is 0.462 e. The van der Waals surface area contributed by atoms with E-state index in [2.05, 4.69) is 37.2 Å². The molecule has 1 amide bonds. The third kappa shape index (κ3) is 4.92. The van der Waals surface area contributed by atoms with Crippen molar-refractivity contribution in [3.8, 4) is 0 Å². The molecule has 0 aromatic heterocycles. The highest BCUT2D eigenvalue weighted by molar-refractivity contribution is 9.12. The van der Waals surface area contributed by atoms with E-state index in [0.717, 1.165) is 5.56 Å². The van der Waals surface area contributed by atoms with Gasteiger partial charge in [-0.2, -0.15) is 0 Å². The van der Waals surface area contributed by atoms with Gasteiger partial charge in [0.05, 0.1) is 17.0 Å². The first-order valence-electron chi connectivity index (χ1n) is 7.44. The van der Waals surface area contributed by atoms with E-state index in [9.17, 15) is 9.59 Å². The summed E-state index contributed by atoms with van der Waals surface area (Å²) < 4.78 is 4.93. The maximum atomic E-state index is 12.4. The number of amides is 1. The summed E-state index contributed by atoms with van der Waals surface area (Å²) in [4.78, 5) is 23.4. The second-order valence-electron chi connectivity index (χ2n) is 5.00. The lowest BCUT2D eigenvalue weighted by molar-refractivity contribution is -0.115. The van der Waals surface area contributed by atoms with Crippen LogP contribution in [0, 0.1) is 0 Å². The Morgan fingerprint density at radius 3 is 2.25 bits per heavy atom. The lowest BCUT2D eigenvalue weighted by Crippen LogP contribution is -2.26. The molecule has 6 heteroatoms. The highest BCUT2D eigenvalue weighted by atomic mass is 79.9. The van der Waals surface area contributed by atoms with Gasteiger partial charge in [0, 0.05) is 5.69 Å². The smallest absolute Gasteiger partial charge is 0.338 e. The molecular formula is C18H17Br2NO3. The van der Waals surface area contributed by atoms with Crippen molar-refractivity contribution in [2.75, 3.05) is 11.9 Å². The molecule has 0 aliphatic heterocycles. The summed E-state index contributed by atoms with van der Waals surface area (Å²) in [6.45, 7) is 2.08. The molecule has 4 nitrogen and oxygen atoms in total. The highest BCUT2D eigenvalue weighted by Gasteiger charge is 2.25. The van der Waals surface area contributed by atoms with Crippen molar-refractivity contribution >= 4 is 49.4 Å². The summed E-state index contributed by atoms with van der Waals surface area (Å²) in [6.07, 6.45) is 0. The quantitative estimate of drug-likeness (QED) is 0.508. The van der Waals surface area contributed by atoms with Gasteiger partial charge >= 0.3 is 5.97 Å². The fraction of sp³-hybridized carbons (Fsp3) is 0.222. The number of alkyl halides is 2. The van der Waals surface area contributed by atoms with E-state index in [4.69, 9.17) is 4.74 Å². The third-order valence-electron chi connectivity index (χ3n) is 3.29. The number of rotatable bonds is 6. The molecule has 2 atom stereocenters. The van der Waals surface area contributed by atoms with Gasteiger partial charge in [-0.3, -0.25) is 4.79 Å². The van der Waals surface area contributed by atoms with Gasteiger partial charge in [0.1, 0.15) is 4.83 Å². The molecule has 2 aromatic carbocycles. The van der Waals surface area contributed by atoms with Crippen LogP contribution >= 0.6 is 31.9 Å². The molecule has 0 spiro atoms. The standard InChI is InChI=1S/C18H17Br2NO3/c1-2-24-18(23)13-8-10-14(11-9-13)21-17(22)16(20)15(19)12-6-4-3-5-7-12/h3-11,15-16H,2H2,1H3,(H,21,22)/t15-,16-/m1/s1. The molecule has 0 unspecified atom stereocenters. The summed E-state index contributed by atoms with van der Waals surface area (Å²) in [6, 6.07) is 16.3. The summed E-state index contributed by atoms with van der Waals surface area (Å²) in [7, 11) is 0. The zero-order valence-electron chi connectivity index (χ0n) is 13.0. The number of hydrogen-bond donors (Lipinski definition) is 1. The van der Waals surface area contributed by atoms with Crippen LogP contribution < -0.4 is 5.32 Å². The number of carbonyl (C=O) groups is 2. The maximum absolute atomic E-state index is 12.4. The van der Waals surface area contributed by atoms with Crippen molar-refractivity contribution < 1.29 is 14.3 Å². The third-order valence-corrected chi connectivity index (χ3v) is 6.00. The topological polar surface area (TPSA) is 55.4 Å². The first-order valence-corrected chi connectivity index (χ1v) is 9.27. The van der Waals surface area contributed by atoms with Gasteiger partial charge in [-0.1, -0.05) is 62.2 Å². The Kier molecular flexibility index (Phi) is 6.99. The van der Waals surface area contributed by atoms with Gasteiger partial charge in [-0.15, -0.1) is 0 Å². The van der Waals surface area contributed by atoms with Crippen molar-refractivity contribution in [3.63, 3.8) is 0 Å². The zero-order valence-corrected chi connectivity index (χ0v) is 16.2. The van der Waals surface area contributed by atoms with Crippen LogP contribution in [0.2, 0.25) is 0 Å². The monoisotopic (exact) mass is 453 g/mol. The Morgan fingerprint density at radius 1 is 1.04 bits per heavy atom. The summed E-state index contributed by atoms with van der Waals surface area (Å²) in [5.74, 6) is -0.553. The normalized spacial score (nSPS) is 13.0. The maximum Gasteiger partial charge on any atom is 0.338 e. The van der Waals surface area contributed by atoms with E-state index in [-0.39, 0.29) is 16.7 Å². The molecule has 0 saturated heterocycles. The van der Waals surface area contributed by atoms with E-state index in [0.29, 0.717) is 17.9 Å². The zero-order chi connectivity index (χ0) is 17.5. The predicted molar refractivity (Wildman–Crippen MR) is 102 cm³/mol. The Bertz CT molecular complexity index is 689. The van der Waals surface area contributed by atoms with Gasteiger partial charge in [0.2, 0.25) is 5.91 Å². The van der Waals surface area contributed by atoms with Gasteiger partial charge in [-0.05, 0) is 36.8 Å². The number of halogens is 2. The minimum absolute atomic E-state index is 0.155. The molecule has 1 N–H and O–H groups in total. The SMILES string of the molecule is CCOC(=O)c1ccc(NC(=O)[C@H](Br)[C@H](Br)c2ccccc2)cc1. The van der Waals surface area contributed by atoms with Crippen molar-refractivity contribution in [3.05, 3.63) is 65.7 Å². The Morgan fingerprint density at radius 2 is 1.67 bits per heavy atom. The number of hydrogen-bond acceptors (Lipinski definition) is 3. The first-order chi connectivity index (χ1) is 11.5. The Labute approximate surface area is 157 Å². The van der Waals surface area contributed by atoms with E-state index in [1.54, 1.807) is 31.2 Å². The molecule has 0 fully saturated rings. The Hall–Kier alpha value is -1.66. The van der Waals surface area contributed by atoms with Crippen molar-refractivity contribution in [1.82, 2.24) is 0 Å². The predicted octanol–water partition coefficient (Wildman–Crippen LogP) is 4.70. The summed E-state index contributed by atoms with van der Waals surface area (Å²) >= 11 is 6.97. The van der Waals surface area contributed by atoms with E-state index >= 15 is 0 Å². The lowest BCUT2D eigenvalue weighted by Gasteiger charge is -2.17.